The molecule has 0 atom stereocenters. The molecular weight excluding hydrogens is 348 g/mol. The van der Waals surface area contributed by atoms with Gasteiger partial charge in [-0.15, -0.1) is 0 Å². The molecule has 0 N–H and O–H groups in total. The van der Waals surface area contributed by atoms with Gasteiger partial charge in [-0.1, -0.05) is 19.1 Å². The van der Waals surface area contributed by atoms with Gasteiger partial charge in [0.15, 0.2) is 0 Å². The van der Waals surface area contributed by atoms with Gasteiger partial charge in [0.2, 0.25) is 0 Å². The third-order valence-corrected chi connectivity index (χ3v) is 4.43. The van der Waals surface area contributed by atoms with Crippen LogP contribution in [0.5, 0.6) is 0 Å². The molecule has 132 valence electrons. The van der Waals surface area contributed by atoms with Gasteiger partial charge < -0.3 is 9.84 Å². The van der Waals surface area contributed by atoms with Crippen molar-refractivity contribution in [3.63, 3.8) is 0 Å². The lowest BCUT2D eigenvalue weighted by molar-refractivity contribution is -0.384. The van der Waals surface area contributed by atoms with E-state index in [1.807, 2.05) is 6.92 Å². The summed E-state index contributed by atoms with van der Waals surface area (Å²) in [5.41, 5.74) is 0.208. The summed E-state index contributed by atoms with van der Waals surface area (Å²) in [5, 5.41) is 22.3. The molecule has 0 unspecified atom stereocenters. The first-order valence-corrected chi connectivity index (χ1v) is 8.77. The Hall–Kier alpha value is -2.94. The van der Waals surface area contributed by atoms with Crippen LogP contribution in [-0.4, -0.2) is 25.7 Å². The number of nitro groups is 1. The van der Waals surface area contributed by atoms with Crippen molar-refractivity contribution < 1.29 is 23.2 Å². The second-order valence-corrected chi connectivity index (χ2v) is 6.60. The van der Waals surface area contributed by atoms with Crippen molar-refractivity contribution in [3.8, 4) is 0 Å². The molecule has 1 aliphatic rings. The van der Waals surface area contributed by atoms with Crippen molar-refractivity contribution in [3.05, 3.63) is 70.2 Å². The van der Waals surface area contributed by atoms with Crippen LogP contribution in [0, 0.1) is 10.1 Å². The van der Waals surface area contributed by atoms with Crippen LogP contribution in [0.2, 0.25) is 0 Å². The average molecular weight is 363 g/mol. The Morgan fingerprint density at radius 1 is 1.16 bits per heavy atom. The predicted octanol–water partition coefficient (Wildman–Crippen LogP) is 1.85. The van der Waals surface area contributed by atoms with Crippen LogP contribution in [0.4, 0.5) is 5.69 Å². The van der Waals surface area contributed by atoms with E-state index >= 15 is 0 Å². The maximum Gasteiger partial charge on any atom is 0.282 e. The van der Waals surface area contributed by atoms with E-state index in [0.717, 1.165) is 24.3 Å². The molecule has 0 amide bonds. The first-order chi connectivity index (χ1) is 11.8. The van der Waals surface area contributed by atoms with Crippen molar-refractivity contribution in [1.29, 1.82) is 0 Å². The Bertz CT molecular complexity index is 862. The lowest BCUT2D eigenvalue weighted by atomic mass is 10.1. The summed E-state index contributed by atoms with van der Waals surface area (Å²) >= 11 is 0. The number of ether oxygens (including phenoxy) is 1. The highest BCUT2D eigenvalue weighted by molar-refractivity contribution is 7.90. The van der Waals surface area contributed by atoms with Gasteiger partial charge >= 0.3 is 0 Å². The van der Waals surface area contributed by atoms with Gasteiger partial charge in [-0.05, 0) is 42.9 Å². The molecule has 9 heteroatoms. The number of benzene rings is 1. The summed E-state index contributed by atoms with van der Waals surface area (Å²) in [4.78, 5) is 9.82. The molecule has 0 saturated carbocycles. The molecule has 1 aliphatic carbocycles. The normalized spacial score (nSPS) is 13.6. The molecule has 0 aromatic heterocycles. The van der Waals surface area contributed by atoms with Crippen LogP contribution in [0.15, 0.2) is 69.4 Å². The minimum Gasteiger partial charge on any atom is -0.613 e. The molecule has 0 aliphatic heterocycles. The fraction of sp³-hybridized carbons (Fsp3) is 0.188. The van der Waals surface area contributed by atoms with Gasteiger partial charge in [0, 0.05) is 12.1 Å². The van der Waals surface area contributed by atoms with Crippen molar-refractivity contribution in [2.24, 2.45) is 4.40 Å². The highest BCUT2D eigenvalue weighted by Crippen LogP contribution is 2.19. The molecule has 2 rings (SSSR count). The quantitative estimate of drug-likeness (QED) is 0.432. The molecule has 0 heterocycles. The van der Waals surface area contributed by atoms with E-state index in [-0.39, 0.29) is 16.3 Å². The van der Waals surface area contributed by atoms with Crippen molar-refractivity contribution in [2.45, 2.75) is 18.2 Å². The van der Waals surface area contributed by atoms with E-state index in [4.69, 9.17) is 4.74 Å². The summed E-state index contributed by atoms with van der Waals surface area (Å²) in [5.74, 6) is -0.494. The van der Waals surface area contributed by atoms with Crippen LogP contribution >= 0.6 is 0 Å². The van der Waals surface area contributed by atoms with Gasteiger partial charge in [0.05, 0.1) is 21.5 Å². The fourth-order valence-corrected chi connectivity index (χ4v) is 2.85. The maximum absolute atomic E-state index is 12.2. The highest BCUT2D eigenvalue weighted by atomic mass is 32.2. The Morgan fingerprint density at radius 2 is 1.76 bits per heavy atom. The monoisotopic (exact) mass is 363 g/mol. The van der Waals surface area contributed by atoms with E-state index < -0.39 is 20.9 Å². The lowest BCUT2D eigenvalue weighted by Gasteiger charge is -2.17. The summed E-state index contributed by atoms with van der Waals surface area (Å²) in [6.45, 7) is 2.18. The van der Waals surface area contributed by atoms with E-state index in [1.165, 1.54) is 24.3 Å². The van der Waals surface area contributed by atoms with Crippen molar-refractivity contribution in [1.82, 2.24) is 0 Å². The second-order valence-electron chi connectivity index (χ2n) is 5.00. The minimum absolute atomic E-state index is 0.130. The second kappa shape index (κ2) is 7.75. The predicted molar refractivity (Wildman–Crippen MR) is 89.3 cm³/mol. The molecule has 0 spiro atoms. The lowest BCUT2D eigenvalue weighted by Crippen LogP contribution is -2.12. The van der Waals surface area contributed by atoms with Crippen LogP contribution in [0.1, 0.15) is 13.3 Å². The zero-order chi connectivity index (χ0) is 18.4. The van der Waals surface area contributed by atoms with E-state index in [2.05, 4.69) is 4.40 Å². The van der Waals surface area contributed by atoms with Crippen LogP contribution in [-0.2, 0) is 14.8 Å². The van der Waals surface area contributed by atoms with Crippen LogP contribution in [0.3, 0.4) is 0 Å². The molecule has 0 radical (unpaired) electrons. The third kappa shape index (κ3) is 4.77. The van der Waals surface area contributed by atoms with E-state index in [9.17, 15) is 23.6 Å². The zero-order valence-electron chi connectivity index (χ0n) is 13.3. The minimum atomic E-state index is -4.02. The van der Waals surface area contributed by atoms with Crippen molar-refractivity contribution in [2.75, 3.05) is 6.61 Å². The molecule has 0 saturated heterocycles. The number of hydrogen-bond donors (Lipinski definition) is 0. The summed E-state index contributed by atoms with van der Waals surface area (Å²) in [6.07, 6.45) is 6.30. The Kier molecular flexibility index (Phi) is 5.71. The summed E-state index contributed by atoms with van der Waals surface area (Å²) in [7, 11) is -4.02. The number of sulfonamides is 1. The largest absolute Gasteiger partial charge is 0.613 e. The van der Waals surface area contributed by atoms with Gasteiger partial charge in [0.25, 0.3) is 15.7 Å². The number of non-ortho nitro benzene ring substituents is 1. The first-order valence-electron chi connectivity index (χ1n) is 7.33. The van der Waals surface area contributed by atoms with Crippen LogP contribution in [0.25, 0.3) is 0 Å². The van der Waals surface area contributed by atoms with Gasteiger partial charge in [0.1, 0.15) is 0 Å². The molecule has 1 aromatic rings. The number of hydrogen-bond acceptors (Lipinski definition) is 6. The third-order valence-electron chi connectivity index (χ3n) is 3.11. The van der Waals surface area contributed by atoms with Crippen molar-refractivity contribution >= 4 is 21.4 Å². The summed E-state index contributed by atoms with van der Waals surface area (Å²) in [6, 6.07) is 4.42. The number of allylic oxidation sites excluding steroid dienone is 5. The van der Waals surface area contributed by atoms with Gasteiger partial charge in [-0.2, -0.15) is 12.8 Å². The van der Waals surface area contributed by atoms with E-state index in [0.29, 0.717) is 18.6 Å². The number of nitrogens with zero attached hydrogens (tertiary/aromatic N) is 2. The molecular formula is C16H15N2O6S-. The van der Waals surface area contributed by atoms with Gasteiger partial charge in [-0.25, -0.2) is 0 Å². The SMILES string of the molecule is CCCOC([O-])=C1C=CC(=NS(=O)(=O)c2ccc([N+](=O)[O-])cc2)C=C1. The smallest absolute Gasteiger partial charge is 0.282 e. The average Bonchev–Trinajstić information content (AvgIpc) is 2.60. The molecule has 1 aromatic carbocycles. The number of rotatable bonds is 6. The van der Waals surface area contributed by atoms with E-state index in [1.54, 1.807) is 0 Å². The van der Waals surface area contributed by atoms with Crippen LogP contribution < -0.4 is 5.11 Å². The molecule has 8 nitrogen and oxygen atoms in total. The topological polar surface area (TPSA) is 122 Å². The maximum atomic E-state index is 12.2. The Balaban J connectivity index is 2.20. The first kappa shape index (κ1) is 18.4. The Morgan fingerprint density at radius 3 is 2.28 bits per heavy atom. The fourth-order valence-electron chi connectivity index (χ4n) is 1.87. The highest BCUT2D eigenvalue weighted by Gasteiger charge is 2.15. The standard InChI is InChI=1S/C16H16N2O6S/c1-2-11-24-16(19)12-3-5-13(6-4-12)17-25(22,23)15-9-7-14(8-10-15)18(20)21/h3-10,19H,2,11H2,1H3/p-1. The number of nitro benzene ring substituents is 1. The van der Waals surface area contributed by atoms with Gasteiger partial charge in [-0.3, -0.25) is 10.1 Å². The zero-order valence-corrected chi connectivity index (χ0v) is 14.1. The Labute approximate surface area is 144 Å². The molecule has 0 bridgehead atoms. The summed E-state index contributed by atoms with van der Waals surface area (Å²) < 4.78 is 33.1. The molecule has 0 fully saturated rings. The molecule has 25 heavy (non-hydrogen) atoms.